The number of hydrogen-bond donors (Lipinski definition) is 2. The summed E-state index contributed by atoms with van der Waals surface area (Å²) in [4.78, 5) is 20.5. The van der Waals surface area contributed by atoms with Gasteiger partial charge >= 0.3 is 0 Å². The molecule has 7 nitrogen and oxygen atoms in total. The Hall–Kier alpha value is -2.28. The van der Waals surface area contributed by atoms with E-state index in [0.717, 1.165) is 25.9 Å². The molecule has 2 aromatic rings. The maximum absolute atomic E-state index is 12.2. The number of carbonyl (C=O) groups is 1. The first kappa shape index (κ1) is 15.6. The van der Waals surface area contributed by atoms with Crippen LogP contribution in [0.25, 0.3) is 5.95 Å². The Labute approximate surface area is 135 Å². The Bertz CT molecular complexity index is 635. The topological polar surface area (TPSA) is 84.7 Å². The highest BCUT2D eigenvalue weighted by Crippen LogP contribution is 2.24. The minimum Gasteiger partial charge on any atom is -0.323 e. The molecule has 0 aromatic carbocycles. The van der Waals surface area contributed by atoms with Gasteiger partial charge in [-0.3, -0.25) is 4.79 Å². The zero-order valence-electron chi connectivity index (χ0n) is 13.3. The van der Waals surface area contributed by atoms with Gasteiger partial charge in [-0.2, -0.15) is 5.10 Å². The summed E-state index contributed by atoms with van der Waals surface area (Å²) in [6, 6.07) is 1.75. The zero-order chi connectivity index (χ0) is 16.1. The molecular formula is C16H22N6O. The Kier molecular flexibility index (Phi) is 4.97. The highest BCUT2D eigenvalue weighted by atomic mass is 16.1. The third-order valence-electron chi connectivity index (χ3n) is 4.32. The Morgan fingerprint density at radius 2 is 2.13 bits per heavy atom. The van der Waals surface area contributed by atoms with Gasteiger partial charge in [-0.1, -0.05) is 6.92 Å². The van der Waals surface area contributed by atoms with E-state index in [4.69, 9.17) is 0 Å². The van der Waals surface area contributed by atoms with Crippen molar-refractivity contribution in [2.75, 3.05) is 18.4 Å². The predicted molar refractivity (Wildman–Crippen MR) is 87.2 cm³/mol. The van der Waals surface area contributed by atoms with Crippen LogP contribution < -0.4 is 10.6 Å². The van der Waals surface area contributed by atoms with Crippen LogP contribution in [0, 0.1) is 11.8 Å². The minimum atomic E-state index is 0.0320. The standard InChI is InChI=1S/C16H22N6O/c1-12(13-3-7-17-8-4-13)9-15(23)21-14-10-20-22(11-14)16-18-5-2-6-19-16/h2,5-6,10-13,17H,3-4,7-9H2,1H3,(H,21,23). The fraction of sp³-hybridized carbons (Fsp3) is 0.500. The first-order valence-corrected chi connectivity index (χ1v) is 8.05. The molecule has 1 atom stereocenters. The molecule has 2 aromatic heterocycles. The molecule has 0 bridgehead atoms. The average Bonchev–Trinajstić information content (AvgIpc) is 3.04. The van der Waals surface area contributed by atoms with Gasteiger partial charge in [0, 0.05) is 18.8 Å². The SMILES string of the molecule is CC(CC(=O)Nc1cnn(-c2ncccn2)c1)C1CCNCC1. The second-order valence-corrected chi connectivity index (χ2v) is 6.04. The lowest BCUT2D eigenvalue weighted by atomic mass is 9.84. The van der Waals surface area contributed by atoms with Crippen molar-refractivity contribution in [3.8, 4) is 5.95 Å². The molecule has 23 heavy (non-hydrogen) atoms. The van der Waals surface area contributed by atoms with Gasteiger partial charge in [0.05, 0.1) is 18.1 Å². The molecule has 7 heteroatoms. The number of rotatable bonds is 5. The van der Waals surface area contributed by atoms with E-state index < -0.39 is 0 Å². The van der Waals surface area contributed by atoms with Crippen molar-refractivity contribution >= 4 is 11.6 Å². The molecule has 1 aliphatic heterocycles. The third kappa shape index (κ3) is 4.13. The first-order chi connectivity index (χ1) is 11.2. The maximum Gasteiger partial charge on any atom is 0.250 e. The van der Waals surface area contributed by atoms with Gasteiger partial charge in [-0.15, -0.1) is 0 Å². The number of piperidine rings is 1. The molecular weight excluding hydrogens is 292 g/mol. The molecule has 2 N–H and O–H groups in total. The molecule has 1 amide bonds. The molecule has 0 aliphatic carbocycles. The Balaban J connectivity index is 1.55. The van der Waals surface area contributed by atoms with E-state index in [9.17, 15) is 4.79 Å². The number of carbonyl (C=O) groups excluding carboxylic acids is 1. The minimum absolute atomic E-state index is 0.0320. The molecule has 3 rings (SSSR count). The second-order valence-electron chi connectivity index (χ2n) is 6.04. The van der Waals surface area contributed by atoms with Crippen LogP contribution in [0.1, 0.15) is 26.2 Å². The second kappa shape index (κ2) is 7.32. The number of hydrogen-bond acceptors (Lipinski definition) is 5. The van der Waals surface area contributed by atoms with Crippen LogP contribution >= 0.6 is 0 Å². The third-order valence-corrected chi connectivity index (χ3v) is 4.32. The van der Waals surface area contributed by atoms with Crippen molar-refractivity contribution < 1.29 is 4.79 Å². The fourth-order valence-corrected chi connectivity index (χ4v) is 2.99. The highest BCUT2D eigenvalue weighted by molar-refractivity contribution is 5.90. The quantitative estimate of drug-likeness (QED) is 0.876. The number of anilines is 1. The van der Waals surface area contributed by atoms with Gasteiger partial charge < -0.3 is 10.6 Å². The van der Waals surface area contributed by atoms with Crippen molar-refractivity contribution in [2.45, 2.75) is 26.2 Å². The van der Waals surface area contributed by atoms with Gasteiger partial charge in [0.2, 0.25) is 11.9 Å². The van der Waals surface area contributed by atoms with Crippen molar-refractivity contribution in [3.63, 3.8) is 0 Å². The molecule has 1 aliphatic rings. The van der Waals surface area contributed by atoms with E-state index in [1.165, 1.54) is 0 Å². The number of nitrogens with one attached hydrogen (secondary N) is 2. The molecule has 122 valence electrons. The predicted octanol–water partition coefficient (Wildman–Crippen LogP) is 1.63. The van der Waals surface area contributed by atoms with Gasteiger partial charge in [-0.05, 0) is 43.8 Å². The van der Waals surface area contributed by atoms with Crippen LogP contribution in [0.2, 0.25) is 0 Å². The van der Waals surface area contributed by atoms with Crippen LogP contribution in [-0.4, -0.2) is 38.7 Å². The fourth-order valence-electron chi connectivity index (χ4n) is 2.99. The zero-order valence-corrected chi connectivity index (χ0v) is 13.3. The lowest BCUT2D eigenvalue weighted by molar-refractivity contribution is -0.117. The lowest BCUT2D eigenvalue weighted by Gasteiger charge is -2.27. The summed E-state index contributed by atoms with van der Waals surface area (Å²) in [5, 5.41) is 10.4. The first-order valence-electron chi connectivity index (χ1n) is 8.05. The molecule has 0 saturated carbocycles. The molecule has 1 unspecified atom stereocenters. The van der Waals surface area contributed by atoms with Crippen LogP contribution in [0.15, 0.2) is 30.9 Å². The lowest BCUT2D eigenvalue weighted by Crippen LogP contribution is -2.32. The van der Waals surface area contributed by atoms with Crippen molar-refractivity contribution in [1.29, 1.82) is 0 Å². The van der Waals surface area contributed by atoms with Crippen molar-refractivity contribution in [1.82, 2.24) is 25.1 Å². The normalized spacial score (nSPS) is 16.9. The molecule has 0 radical (unpaired) electrons. The van der Waals surface area contributed by atoms with Gasteiger partial charge in [0.25, 0.3) is 0 Å². The van der Waals surface area contributed by atoms with Crippen molar-refractivity contribution in [3.05, 3.63) is 30.9 Å². The van der Waals surface area contributed by atoms with E-state index in [1.54, 1.807) is 35.5 Å². The summed E-state index contributed by atoms with van der Waals surface area (Å²) in [6.45, 7) is 4.28. The number of aromatic nitrogens is 4. The van der Waals surface area contributed by atoms with E-state index in [-0.39, 0.29) is 5.91 Å². The van der Waals surface area contributed by atoms with Crippen LogP contribution in [0.4, 0.5) is 5.69 Å². The Morgan fingerprint density at radius 3 is 2.87 bits per heavy atom. The van der Waals surface area contributed by atoms with Crippen LogP contribution in [0.5, 0.6) is 0 Å². The summed E-state index contributed by atoms with van der Waals surface area (Å²) < 4.78 is 1.55. The summed E-state index contributed by atoms with van der Waals surface area (Å²) in [6.07, 6.45) is 9.49. The molecule has 3 heterocycles. The van der Waals surface area contributed by atoms with E-state index in [2.05, 4.69) is 32.6 Å². The summed E-state index contributed by atoms with van der Waals surface area (Å²) in [5.41, 5.74) is 0.667. The van der Waals surface area contributed by atoms with Gasteiger partial charge in [0.15, 0.2) is 0 Å². The maximum atomic E-state index is 12.2. The van der Waals surface area contributed by atoms with Gasteiger partial charge in [0.1, 0.15) is 0 Å². The summed E-state index contributed by atoms with van der Waals surface area (Å²) >= 11 is 0. The number of nitrogens with zero attached hydrogens (tertiary/aromatic N) is 4. The Morgan fingerprint density at radius 1 is 1.39 bits per heavy atom. The van der Waals surface area contributed by atoms with E-state index in [1.807, 2.05) is 0 Å². The summed E-state index contributed by atoms with van der Waals surface area (Å²) in [7, 11) is 0. The molecule has 1 fully saturated rings. The summed E-state index contributed by atoms with van der Waals surface area (Å²) in [5.74, 6) is 1.53. The van der Waals surface area contributed by atoms with E-state index >= 15 is 0 Å². The van der Waals surface area contributed by atoms with Crippen LogP contribution in [0.3, 0.4) is 0 Å². The highest BCUT2D eigenvalue weighted by Gasteiger charge is 2.22. The monoisotopic (exact) mass is 314 g/mol. The van der Waals surface area contributed by atoms with Gasteiger partial charge in [-0.25, -0.2) is 14.6 Å². The van der Waals surface area contributed by atoms with Crippen molar-refractivity contribution in [2.24, 2.45) is 11.8 Å². The van der Waals surface area contributed by atoms with E-state index in [0.29, 0.717) is 29.9 Å². The largest absolute Gasteiger partial charge is 0.323 e. The smallest absolute Gasteiger partial charge is 0.250 e. The van der Waals surface area contributed by atoms with Crippen LogP contribution in [-0.2, 0) is 4.79 Å². The number of amides is 1. The molecule has 1 saturated heterocycles. The average molecular weight is 314 g/mol. The molecule has 0 spiro atoms.